The number of ether oxygens (including phenoxy) is 1. The molecule has 7 heteroatoms. The van der Waals surface area contributed by atoms with Gasteiger partial charge in [0.2, 0.25) is 0 Å². The van der Waals surface area contributed by atoms with Gasteiger partial charge in [-0.05, 0) is 81.9 Å². The summed E-state index contributed by atoms with van der Waals surface area (Å²) in [5, 5.41) is 11.0. The van der Waals surface area contributed by atoms with Gasteiger partial charge in [-0.1, -0.05) is 26.0 Å². The highest BCUT2D eigenvalue weighted by atomic mass is 19.1. The van der Waals surface area contributed by atoms with Crippen molar-refractivity contribution in [3.63, 3.8) is 0 Å². The number of aliphatic hydroxyl groups excluding tert-OH is 1. The van der Waals surface area contributed by atoms with Crippen LogP contribution in [0.15, 0.2) is 54.1 Å². The standard InChI is InChI=1S/C27H33FN2O4/c1-5-29(6-2)16-7-17-30-24(19-10-14-22(15-11-19)34-18(3)4)23(26(32)27(30)33)25(31)20-8-12-21(28)13-9-20/h8-15,18,24,31H,5-7,16-17H2,1-4H3/t24-/m0/s1. The number of hydrogen-bond donors (Lipinski definition) is 1. The lowest BCUT2D eigenvalue weighted by Crippen LogP contribution is -2.33. The third kappa shape index (κ3) is 5.65. The van der Waals surface area contributed by atoms with Crippen molar-refractivity contribution in [2.24, 2.45) is 0 Å². The number of nitrogens with zero attached hydrogens (tertiary/aromatic N) is 2. The van der Waals surface area contributed by atoms with Gasteiger partial charge in [-0.15, -0.1) is 0 Å². The van der Waals surface area contributed by atoms with Crippen molar-refractivity contribution in [1.29, 1.82) is 0 Å². The molecule has 1 atom stereocenters. The number of halogens is 1. The summed E-state index contributed by atoms with van der Waals surface area (Å²) in [5.41, 5.74) is 0.992. The molecule has 34 heavy (non-hydrogen) atoms. The van der Waals surface area contributed by atoms with Crippen molar-refractivity contribution < 1.29 is 23.8 Å². The van der Waals surface area contributed by atoms with Gasteiger partial charge < -0.3 is 19.6 Å². The zero-order valence-corrected chi connectivity index (χ0v) is 20.3. The van der Waals surface area contributed by atoms with E-state index in [-0.39, 0.29) is 23.0 Å². The van der Waals surface area contributed by atoms with Crippen molar-refractivity contribution in [1.82, 2.24) is 9.80 Å². The Morgan fingerprint density at radius 3 is 2.24 bits per heavy atom. The molecule has 1 aliphatic heterocycles. The second kappa shape index (κ2) is 11.3. The molecule has 1 fully saturated rings. The monoisotopic (exact) mass is 468 g/mol. The highest BCUT2D eigenvalue weighted by Gasteiger charge is 2.45. The maximum absolute atomic E-state index is 13.4. The molecule has 1 aliphatic rings. The van der Waals surface area contributed by atoms with E-state index >= 15 is 0 Å². The van der Waals surface area contributed by atoms with Crippen LogP contribution in [0.4, 0.5) is 4.39 Å². The Labute approximate surface area is 200 Å². The first-order valence-electron chi connectivity index (χ1n) is 11.8. The van der Waals surface area contributed by atoms with Crippen LogP contribution in [0.1, 0.15) is 51.3 Å². The number of aliphatic hydroxyl groups is 1. The predicted octanol–water partition coefficient (Wildman–Crippen LogP) is 4.77. The minimum atomic E-state index is -0.741. The molecule has 0 spiro atoms. The summed E-state index contributed by atoms with van der Waals surface area (Å²) in [6.07, 6.45) is 0.700. The van der Waals surface area contributed by atoms with Gasteiger partial charge in [0.1, 0.15) is 17.3 Å². The molecule has 1 heterocycles. The van der Waals surface area contributed by atoms with Crippen LogP contribution in [0, 0.1) is 5.82 Å². The molecule has 0 aliphatic carbocycles. The van der Waals surface area contributed by atoms with Gasteiger partial charge in [-0.3, -0.25) is 9.59 Å². The van der Waals surface area contributed by atoms with Gasteiger partial charge >= 0.3 is 0 Å². The number of likely N-dealkylation sites (tertiary alicyclic amines) is 1. The van der Waals surface area contributed by atoms with Crippen molar-refractivity contribution in [3.05, 3.63) is 71.0 Å². The Kier molecular flexibility index (Phi) is 8.45. The molecule has 6 nitrogen and oxygen atoms in total. The summed E-state index contributed by atoms with van der Waals surface area (Å²) in [7, 11) is 0. The van der Waals surface area contributed by atoms with E-state index in [1.54, 1.807) is 12.1 Å². The van der Waals surface area contributed by atoms with Crippen LogP contribution >= 0.6 is 0 Å². The highest BCUT2D eigenvalue weighted by molar-refractivity contribution is 6.46. The second-order valence-corrected chi connectivity index (χ2v) is 8.62. The van der Waals surface area contributed by atoms with E-state index in [0.717, 1.165) is 19.6 Å². The van der Waals surface area contributed by atoms with Crippen LogP contribution in [0.5, 0.6) is 5.75 Å². The molecule has 2 aromatic carbocycles. The van der Waals surface area contributed by atoms with Crippen molar-refractivity contribution in [2.45, 2.75) is 46.3 Å². The Morgan fingerprint density at radius 1 is 1.06 bits per heavy atom. The van der Waals surface area contributed by atoms with Gasteiger partial charge in [0.25, 0.3) is 11.7 Å². The van der Waals surface area contributed by atoms with Crippen LogP contribution < -0.4 is 4.74 Å². The Morgan fingerprint density at radius 2 is 1.68 bits per heavy atom. The van der Waals surface area contributed by atoms with Crippen LogP contribution in [-0.4, -0.2) is 58.9 Å². The molecule has 0 bridgehead atoms. The van der Waals surface area contributed by atoms with E-state index in [0.29, 0.717) is 24.3 Å². The smallest absolute Gasteiger partial charge is 0.295 e. The summed E-state index contributed by atoms with van der Waals surface area (Å²) >= 11 is 0. The lowest BCUT2D eigenvalue weighted by atomic mass is 9.95. The number of rotatable bonds is 10. The summed E-state index contributed by atoms with van der Waals surface area (Å²) in [6, 6.07) is 11.7. The molecule has 3 rings (SSSR count). The fraction of sp³-hybridized carbons (Fsp3) is 0.407. The molecule has 0 aromatic heterocycles. The Hall–Kier alpha value is -3.19. The average molecular weight is 469 g/mol. The summed E-state index contributed by atoms with van der Waals surface area (Å²) < 4.78 is 19.1. The zero-order valence-electron chi connectivity index (χ0n) is 20.3. The summed E-state index contributed by atoms with van der Waals surface area (Å²) in [6.45, 7) is 11.0. The van der Waals surface area contributed by atoms with E-state index in [1.807, 2.05) is 26.0 Å². The molecular weight excluding hydrogens is 435 g/mol. The summed E-state index contributed by atoms with van der Waals surface area (Å²) in [5.74, 6) is -1.47. The third-order valence-electron chi connectivity index (χ3n) is 5.99. The number of carbonyl (C=O) groups excluding carboxylic acids is 2. The van der Waals surface area contributed by atoms with E-state index in [1.165, 1.54) is 29.2 Å². The van der Waals surface area contributed by atoms with E-state index < -0.39 is 23.5 Å². The van der Waals surface area contributed by atoms with Gasteiger partial charge in [0.05, 0.1) is 17.7 Å². The van der Waals surface area contributed by atoms with Crippen molar-refractivity contribution >= 4 is 17.4 Å². The highest BCUT2D eigenvalue weighted by Crippen LogP contribution is 2.40. The first-order chi connectivity index (χ1) is 16.3. The molecule has 0 unspecified atom stereocenters. The normalized spacial score (nSPS) is 17.7. The average Bonchev–Trinajstić information content (AvgIpc) is 3.07. The van der Waals surface area contributed by atoms with Crippen LogP contribution in [-0.2, 0) is 9.59 Å². The SMILES string of the molecule is CCN(CC)CCCN1C(=O)C(=O)C(=C(O)c2ccc(F)cc2)[C@@H]1c1ccc(OC(C)C)cc1. The predicted molar refractivity (Wildman–Crippen MR) is 130 cm³/mol. The summed E-state index contributed by atoms with van der Waals surface area (Å²) in [4.78, 5) is 29.9. The maximum Gasteiger partial charge on any atom is 0.295 e. The van der Waals surface area contributed by atoms with Gasteiger partial charge in [-0.25, -0.2) is 4.39 Å². The third-order valence-corrected chi connectivity index (χ3v) is 5.99. The van der Waals surface area contributed by atoms with Gasteiger partial charge in [0.15, 0.2) is 0 Å². The van der Waals surface area contributed by atoms with Crippen LogP contribution in [0.25, 0.3) is 5.76 Å². The fourth-order valence-corrected chi connectivity index (χ4v) is 4.23. The van der Waals surface area contributed by atoms with E-state index in [2.05, 4.69) is 18.7 Å². The lowest BCUT2D eigenvalue weighted by molar-refractivity contribution is -0.140. The minimum absolute atomic E-state index is 0.00930. The Balaban J connectivity index is 2.01. The quantitative estimate of drug-likeness (QED) is 0.309. The largest absolute Gasteiger partial charge is 0.507 e. The first-order valence-corrected chi connectivity index (χ1v) is 11.8. The van der Waals surface area contributed by atoms with Crippen molar-refractivity contribution in [2.75, 3.05) is 26.2 Å². The van der Waals surface area contributed by atoms with Gasteiger partial charge in [-0.2, -0.15) is 0 Å². The minimum Gasteiger partial charge on any atom is -0.507 e. The molecule has 0 radical (unpaired) electrons. The maximum atomic E-state index is 13.4. The fourth-order valence-electron chi connectivity index (χ4n) is 4.23. The van der Waals surface area contributed by atoms with Crippen molar-refractivity contribution in [3.8, 4) is 5.75 Å². The second-order valence-electron chi connectivity index (χ2n) is 8.62. The van der Waals surface area contributed by atoms with E-state index in [9.17, 15) is 19.1 Å². The Bertz CT molecular complexity index is 1030. The molecule has 1 amide bonds. The number of carbonyl (C=O) groups is 2. The van der Waals surface area contributed by atoms with Gasteiger partial charge in [0, 0.05) is 12.1 Å². The number of benzene rings is 2. The van der Waals surface area contributed by atoms with Crippen LogP contribution in [0.2, 0.25) is 0 Å². The molecular formula is C27H33FN2O4. The molecule has 0 saturated carbocycles. The van der Waals surface area contributed by atoms with Crippen LogP contribution in [0.3, 0.4) is 0 Å². The number of Topliss-reactive ketones (excluding diaryl/α,β-unsaturated/α-hetero) is 1. The molecule has 1 N–H and O–H groups in total. The zero-order chi connectivity index (χ0) is 24.8. The molecule has 2 aromatic rings. The first kappa shape index (κ1) is 25.4. The lowest BCUT2D eigenvalue weighted by Gasteiger charge is -2.27. The number of hydrogen-bond acceptors (Lipinski definition) is 5. The number of amides is 1. The number of ketones is 1. The molecule has 182 valence electrons. The molecule has 1 saturated heterocycles. The topological polar surface area (TPSA) is 70.1 Å². The van der Waals surface area contributed by atoms with E-state index in [4.69, 9.17) is 4.74 Å².